The summed E-state index contributed by atoms with van der Waals surface area (Å²) in [5.41, 5.74) is 2.74. The normalized spacial score (nSPS) is 22.5. The summed E-state index contributed by atoms with van der Waals surface area (Å²) in [6, 6.07) is 10.4. The van der Waals surface area contributed by atoms with Gasteiger partial charge in [0.15, 0.2) is 0 Å². The predicted octanol–water partition coefficient (Wildman–Crippen LogP) is 1.26. The number of rotatable bonds is 3. The van der Waals surface area contributed by atoms with E-state index in [0.717, 1.165) is 12.1 Å². The average molecular weight is 304 g/mol. The minimum absolute atomic E-state index is 0.558. The molecule has 2 saturated heterocycles. The number of aliphatic carboxylic acids is 2. The summed E-state index contributed by atoms with van der Waals surface area (Å²) in [6.45, 7) is 4.49. The first kappa shape index (κ1) is 16.0. The number of hydrogen-bond donors (Lipinski definition) is 3. The van der Waals surface area contributed by atoms with Crippen molar-refractivity contribution in [1.29, 1.82) is 0 Å². The molecule has 0 amide bonds. The molecule has 0 spiro atoms. The lowest BCUT2D eigenvalue weighted by molar-refractivity contribution is -0.134. The van der Waals surface area contributed by atoms with Crippen molar-refractivity contribution in [3.05, 3.63) is 42.0 Å². The number of nitrogens with zero attached hydrogens (tertiary/aromatic N) is 1. The van der Waals surface area contributed by atoms with Gasteiger partial charge in [0.05, 0.1) is 0 Å². The van der Waals surface area contributed by atoms with Gasteiger partial charge in [-0.05, 0) is 25.5 Å². The van der Waals surface area contributed by atoms with Gasteiger partial charge < -0.3 is 20.4 Å². The topological polar surface area (TPSA) is 89.9 Å². The molecule has 1 aromatic rings. The van der Waals surface area contributed by atoms with Crippen LogP contribution in [0.3, 0.4) is 0 Å². The molecule has 0 aromatic heterocycles. The van der Waals surface area contributed by atoms with Crippen LogP contribution in [0.2, 0.25) is 0 Å². The van der Waals surface area contributed by atoms with E-state index in [4.69, 9.17) is 10.2 Å². The fourth-order valence-electron chi connectivity index (χ4n) is 2.76. The Labute approximate surface area is 129 Å². The molecule has 2 aliphatic heterocycles. The Balaban J connectivity index is 0.000000192. The van der Waals surface area contributed by atoms with E-state index in [1.165, 1.54) is 30.8 Å². The highest BCUT2D eigenvalue weighted by atomic mass is 16.4. The Morgan fingerprint density at radius 2 is 1.77 bits per heavy atom. The third-order valence-corrected chi connectivity index (χ3v) is 3.79. The lowest BCUT2D eigenvalue weighted by Crippen LogP contribution is -2.43. The number of fused-ring (bicyclic) bond motifs is 2. The van der Waals surface area contributed by atoms with Gasteiger partial charge in [0.25, 0.3) is 0 Å². The van der Waals surface area contributed by atoms with Crippen molar-refractivity contribution >= 4 is 17.6 Å². The number of piperazine rings is 1. The molecule has 2 atom stereocenters. The van der Waals surface area contributed by atoms with Crippen LogP contribution in [0.25, 0.3) is 0 Å². The zero-order valence-corrected chi connectivity index (χ0v) is 12.4. The molecule has 6 heteroatoms. The number of carboxylic acid groups (broad SMARTS) is 2. The number of anilines is 1. The molecular formula is C16H20N2O4. The maximum Gasteiger partial charge on any atom is 0.328 e. The molecule has 0 saturated carbocycles. The number of benzene rings is 1. The Hall–Kier alpha value is -2.34. The molecule has 2 aliphatic rings. The van der Waals surface area contributed by atoms with Crippen LogP contribution in [-0.4, -0.2) is 47.3 Å². The maximum absolute atomic E-state index is 9.55. The quantitative estimate of drug-likeness (QED) is 0.728. The van der Waals surface area contributed by atoms with E-state index in [2.05, 4.69) is 41.4 Å². The monoisotopic (exact) mass is 304 g/mol. The number of nitrogens with one attached hydrogen (secondary N) is 1. The summed E-state index contributed by atoms with van der Waals surface area (Å²) in [4.78, 5) is 21.6. The zero-order valence-electron chi connectivity index (χ0n) is 12.4. The number of carbonyl (C=O) groups is 2. The second kappa shape index (κ2) is 7.09. The highest BCUT2D eigenvalue weighted by molar-refractivity contribution is 5.89. The first-order valence-electron chi connectivity index (χ1n) is 7.16. The molecule has 2 fully saturated rings. The third kappa shape index (κ3) is 4.33. The summed E-state index contributed by atoms with van der Waals surface area (Å²) < 4.78 is 0. The van der Waals surface area contributed by atoms with Crippen LogP contribution in [0.5, 0.6) is 0 Å². The molecule has 3 N–H and O–H groups in total. The van der Waals surface area contributed by atoms with Gasteiger partial charge in [-0.2, -0.15) is 0 Å². The van der Waals surface area contributed by atoms with Crippen LogP contribution in [-0.2, 0) is 9.59 Å². The van der Waals surface area contributed by atoms with Crippen LogP contribution in [0.4, 0.5) is 5.69 Å². The van der Waals surface area contributed by atoms with Gasteiger partial charge in [-0.1, -0.05) is 17.7 Å². The van der Waals surface area contributed by atoms with Gasteiger partial charge in [0, 0.05) is 43.0 Å². The molecule has 1 aromatic carbocycles. The highest BCUT2D eigenvalue weighted by Gasteiger charge is 2.37. The van der Waals surface area contributed by atoms with Gasteiger partial charge in [0.2, 0.25) is 0 Å². The average Bonchev–Trinajstić information content (AvgIpc) is 3.09. The molecule has 118 valence electrons. The lowest BCUT2D eigenvalue weighted by atomic mass is 10.2. The van der Waals surface area contributed by atoms with E-state index in [1.54, 1.807) is 0 Å². The fourth-order valence-corrected chi connectivity index (χ4v) is 2.76. The van der Waals surface area contributed by atoms with Crippen molar-refractivity contribution in [2.24, 2.45) is 0 Å². The van der Waals surface area contributed by atoms with Gasteiger partial charge in [-0.25, -0.2) is 9.59 Å². The van der Waals surface area contributed by atoms with Gasteiger partial charge in [-0.15, -0.1) is 0 Å². The van der Waals surface area contributed by atoms with E-state index >= 15 is 0 Å². The smallest absolute Gasteiger partial charge is 0.328 e. The molecule has 2 heterocycles. The van der Waals surface area contributed by atoms with E-state index in [9.17, 15) is 9.59 Å². The number of carboxylic acids is 2. The minimum atomic E-state index is -1.26. The number of aryl methyl sites for hydroxylation is 1. The van der Waals surface area contributed by atoms with Crippen molar-refractivity contribution in [2.45, 2.75) is 25.4 Å². The largest absolute Gasteiger partial charge is 0.478 e. The van der Waals surface area contributed by atoms with E-state index in [1.807, 2.05) is 0 Å². The fraction of sp³-hybridized carbons (Fsp3) is 0.375. The van der Waals surface area contributed by atoms with Crippen LogP contribution in [0.1, 0.15) is 12.0 Å². The summed E-state index contributed by atoms with van der Waals surface area (Å²) in [5.74, 6) is -2.51. The SMILES string of the molecule is Cc1ccc(N2C[C@@H]3C[C@H]2CN3)cc1.O=C(O)/C=C/C(=O)O. The minimum Gasteiger partial charge on any atom is -0.478 e. The lowest BCUT2D eigenvalue weighted by Gasteiger charge is -2.29. The molecule has 2 bridgehead atoms. The van der Waals surface area contributed by atoms with Crippen LogP contribution in [0, 0.1) is 6.92 Å². The second-order valence-corrected chi connectivity index (χ2v) is 5.49. The Kier molecular flexibility index (Phi) is 5.16. The summed E-state index contributed by atoms with van der Waals surface area (Å²) in [5, 5.41) is 19.1. The highest BCUT2D eigenvalue weighted by Crippen LogP contribution is 2.29. The van der Waals surface area contributed by atoms with Crippen LogP contribution in [0.15, 0.2) is 36.4 Å². The molecule has 3 rings (SSSR count). The maximum atomic E-state index is 9.55. The standard InChI is InChI=1S/C12H16N2.C4H4O4/c1-9-2-4-11(5-3-9)14-8-10-6-12(14)7-13-10;5-3(6)1-2-4(7)8/h2-5,10,12-13H,6-8H2,1H3;1-2H,(H,5,6)(H,7,8)/b;2-1+/t10-,12-;/m0./s1. The second-order valence-electron chi connectivity index (χ2n) is 5.49. The molecule has 0 radical (unpaired) electrons. The molecular weight excluding hydrogens is 284 g/mol. The van der Waals surface area contributed by atoms with E-state index < -0.39 is 11.9 Å². The summed E-state index contributed by atoms with van der Waals surface area (Å²) in [6.07, 6.45) is 2.44. The van der Waals surface area contributed by atoms with E-state index in [0.29, 0.717) is 12.2 Å². The molecule has 0 aliphatic carbocycles. The first-order chi connectivity index (χ1) is 10.5. The zero-order chi connectivity index (χ0) is 16.1. The Morgan fingerprint density at radius 1 is 1.18 bits per heavy atom. The van der Waals surface area contributed by atoms with Gasteiger partial charge in [0.1, 0.15) is 0 Å². The Bertz CT molecular complexity index is 552. The summed E-state index contributed by atoms with van der Waals surface area (Å²) >= 11 is 0. The van der Waals surface area contributed by atoms with Crippen molar-refractivity contribution in [3.63, 3.8) is 0 Å². The third-order valence-electron chi connectivity index (χ3n) is 3.79. The van der Waals surface area contributed by atoms with Crippen LogP contribution < -0.4 is 10.2 Å². The van der Waals surface area contributed by atoms with Gasteiger partial charge >= 0.3 is 11.9 Å². The van der Waals surface area contributed by atoms with Crippen molar-refractivity contribution in [2.75, 3.05) is 18.0 Å². The van der Waals surface area contributed by atoms with Crippen molar-refractivity contribution in [1.82, 2.24) is 5.32 Å². The molecule has 22 heavy (non-hydrogen) atoms. The summed E-state index contributed by atoms with van der Waals surface area (Å²) in [7, 11) is 0. The Morgan fingerprint density at radius 3 is 2.18 bits per heavy atom. The van der Waals surface area contributed by atoms with Crippen molar-refractivity contribution < 1.29 is 19.8 Å². The van der Waals surface area contributed by atoms with Crippen LogP contribution >= 0.6 is 0 Å². The number of hydrogen-bond acceptors (Lipinski definition) is 4. The van der Waals surface area contributed by atoms with Gasteiger partial charge in [-0.3, -0.25) is 0 Å². The van der Waals surface area contributed by atoms with E-state index in [-0.39, 0.29) is 0 Å². The first-order valence-corrected chi connectivity index (χ1v) is 7.16. The van der Waals surface area contributed by atoms with Crippen molar-refractivity contribution in [3.8, 4) is 0 Å². The molecule has 6 nitrogen and oxygen atoms in total. The molecule has 0 unspecified atom stereocenters. The predicted molar refractivity (Wildman–Crippen MR) is 83.1 cm³/mol.